The van der Waals surface area contributed by atoms with E-state index in [9.17, 15) is 24.3 Å². The summed E-state index contributed by atoms with van der Waals surface area (Å²) in [6.45, 7) is 9.50. The Bertz CT molecular complexity index is 1350. The van der Waals surface area contributed by atoms with Crippen LogP contribution < -0.4 is 16.0 Å². The summed E-state index contributed by atoms with van der Waals surface area (Å²) in [5, 5.41) is 26.8. The zero-order chi connectivity index (χ0) is 35.8. The molecule has 0 aliphatic carbocycles. The molecule has 2 aromatic rings. The number of carbonyl (C=O) groups is 4. The van der Waals surface area contributed by atoms with E-state index in [0.717, 1.165) is 21.7 Å². The van der Waals surface area contributed by atoms with Crippen LogP contribution in [0.4, 0.5) is 4.79 Å². The van der Waals surface area contributed by atoms with Crippen LogP contribution in [-0.4, -0.2) is 128 Å². The molecule has 16 heteroatoms. The predicted molar refractivity (Wildman–Crippen MR) is 181 cm³/mol. The summed E-state index contributed by atoms with van der Waals surface area (Å²) in [6.07, 6.45) is -1.87. The number of β-amino-alcohol motifs (C(OH)–C–C–N with tert-alkyl or cyclic N) is 1. The van der Waals surface area contributed by atoms with E-state index < -0.39 is 41.5 Å². The second-order valence-corrected chi connectivity index (χ2v) is 13.4. The number of benzene rings is 1. The van der Waals surface area contributed by atoms with Gasteiger partial charge in [-0.05, 0) is 23.5 Å². The van der Waals surface area contributed by atoms with Crippen molar-refractivity contribution < 1.29 is 48.3 Å². The zero-order valence-electron chi connectivity index (χ0n) is 28.6. The molecular weight excluding hydrogens is 658 g/mol. The lowest BCUT2D eigenvalue weighted by molar-refractivity contribution is -0.144. The molecule has 0 unspecified atom stereocenters. The average molecular weight is 708 g/mol. The first-order valence-electron chi connectivity index (χ1n) is 16.2. The number of carboxylic acid groups (broad SMARTS) is 1. The molecule has 3 rings (SSSR count). The Kier molecular flexibility index (Phi) is 16.3. The van der Waals surface area contributed by atoms with Gasteiger partial charge in [-0.2, -0.15) is 0 Å². The minimum absolute atomic E-state index is 0.0167. The van der Waals surface area contributed by atoms with Gasteiger partial charge in [-0.25, -0.2) is 9.78 Å². The van der Waals surface area contributed by atoms with E-state index >= 15 is 0 Å². The Labute approximate surface area is 290 Å². The molecule has 0 spiro atoms. The highest BCUT2D eigenvalue weighted by Gasteiger charge is 2.44. The van der Waals surface area contributed by atoms with Crippen molar-refractivity contribution in [1.82, 2.24) is 25.8 Å². The molecule has 49 heavy (non-hydrogen) atoms. The molecular formula is C33H49N5O10S. The quantitative estimate of drug-likeness (QED) is 0.125. The highest BCUT2D eigenvalue weighted by Crippen LogP contribution is 2.28. The highest BCUT2D eigenvalue weighted by atomic mass is 32.1. The van der Waals surface area contributed by atoms with Crippen LogP contribution in [0.1, 0.15) is 38.4 Å². The maximum Gasteiger partial charge on any atom is 0.404 e. The predicted octanol–water partition coefficient (Wildman–Crippen LogP) is 1.56. The van der Waals surface area contributed by atoms with Gasteiger partial charge < -0.3 is 50.0 Å². The minimum Gasteiger partial charge on any atom is -0.465 e. The summed E-state index contributed by atoms with van der Waals surface area (Å²) in [4.78, 5) is 56.9. The molecule has 1 aliphatic rings. The van der Waals surface area contributed by atoms with E-state index in [-0.39, 0.29) is 58.4 Å². The fourth-order valence-electron chi connectivity index (χ4n) is 5.04. The van der Waals surface area contributed by atoms with Gasteiger partial charge >= 0.3 is 6.09 Å². The third kappa shape index (κ3) is 13.6. The molecule has 1 aromatic carbocycles. The standard InChI is InChI=1S/C33H49N5O10S/c1-22-28(49-21-36-22)24-7-5-23(6-8-24)18-35-30(41)26-17-25(39)19-38(26)31(42)29(33(2,3)4)37-27(40)20-48-16-15-47-14-13-46-12-11-45-10-9-34-32(43)44/h5-8,21,25-26,29,34,39H,9-20H2,1-4H3,(H,35,41)(H,37,40)(H,43,44)/t25-,26+,29-/m1/s1. The third-order valence-electron chi connectivity index (χ3n) is 7.58. The maximum absolute atomic E-state index is 13.8. The topological polar surface area (TPSA) is 198 Å². The summed E-state index contributed by atoms with van der Waals surface area (Å²) in [5.74, 6) is -1.32. The Morgan fingerprint density at radius 3 is 2.14 bits per heavy atom. The van der Waals surface area contributed by atoms with Gasteiger partial charge in [0.15, 0.2) is 0 Å². The van der Waals surface area contributed by atoms with Crippen molar-refractivity contribution >= 4 is 35.2 Å². The maximum atomic E-state index is 13.8. The summed E-state index contributed by atoms with van der Waals surface area (Å²) in [7, 11) is 0. The van der Waals surface area contributed by atoms with E-state index in [2.05, 4.69) is 20.9 Å². The smallest absolute Gasteiger partial charge is 0.404 e. The fraction of sp³-hybridized carbons (Fsp3) is 0.606. The van der Waals surface area contributed by atoms with Crippen molar-refractivity contribution in [3.05, 3.63) is 41.0 Å². The van der Waals surface area contributed by atoms with Crippen LogP contribution in [0.5, 0.6) is 0 Å². The van der Waals surface area contributed by atoms with E-state index in [0.29, 0.717) is 26.4 Å². The number of aromatic nitrogens is 1. The number of thiazole rings is 1. The van der Waals surface area contributed by atoms with Crippen molar-refractivity contribution in [3.63, 3.8) is 0 Å². The molecule has 1 aliphatic heterocycles. The summed E-state index contributed by atoms with van der Waals surface area (Å²) in [5.41, 5.74) is 4.01. The third-order valence-corrected chi connectivity index (χ3v) is 8.56. The number of rotatable bonds is 20. The van der Waals surface area contributed by atoms with E-state index in [1.54, 1.807) is 16.8 Å². The Morgan fingerprint density at radius 1 is 0.959 bits per heavy atom. The minimum atomic E-state index is -1.10. The van der Waals surface area contributed by atoms with Crippen LogP contribution in [0.2, 0.25) is 0 Å². The van der Waals surface area contributed by atoms with Crippen molar-refractivity contribution in [2.75, 3.05) is 65.9 Å². The molecule has 5 N–H and O–H groups in total. The first kappa shape index (κ1) is 39.8. The molecule has 4 amide bonds. The van der Waals surface area contributed by atoms with Crippen LogP contribution >= 0.6 is 11.3 Å². The second-order valence-electron chi connectivity index (χ2n) is 12.6. The number of hydrogen-bond donors (Lipinski definition) is 5. The van der Waals surface area contributed by atoms with Crippen molar-refractivity contribution in [1.29, 1.82) is 0 Å². The number of aliphatic hydroxyl groups excluding tert-OH is 1. The van der Waals surface area contributed by atoms with Crippen LogP contribution in [0.3, 0.4) is 0 Å². The van der Waals surface area contributed by atoms with Gasteiger partial charge in [0.1, 0.15) is 18.7 Å². The van der Waals surface area contributed by atoms with Gasteiger partial charge in [0.2, 0.25) is 17.7 Å². The Hall–Kier alpha value is -3.67. The monoisotopic (exact) mass is 707 g/mol. The molecule has 1 aromatic heterocycles. The molecule has 1 saturated heterocycles. The molecule has 0 bridgehead atoms. The highest BCUT2D eigenvalue weighted by molar-refractivity contribution is 7.13. The van der Waals surface area contributed by atoms with Gasteiger partial charge in [0.25, 0.3) is 0 Å². The number of aryl methyl sites for hydroxylation is 1. The van der Waals surface area contributed by atoms with Gasteiger partial charge in [-0.1, -0.05) is 45.0 Å². The van der Waals surface area contributed by atoms with Gasteiger partial charge in [0.05, 0.1) is 68.4 Å². The van der Waals surface area contributed by atoms with Crippen molar-refractivity contribution in [2.45, 2.75) is 58.8 Å². The fourth-order valence-corrected chi connectivity index (χ4v) is 5.85. The lowest BCUT2D eigenvalue weighted by Gasteiger charge is -2.35. The number of hydrogen-bond acceptors (Lipinski definition) is 11. The molecule has 15 nitrogen and oxygen atoms in total. The number of likely N-dealkylation sites (tertiary alicyclic amines) is 1. The number of aliphatic hydroxyl groups is 1. The molecule has 0 saturated carbocycles. The number of nitrogens with zero attached hydrogens (tertiary/aromatic N) is 2. The van der Waals surface area contributed by atoms with Gasteiger partial charge in [0, 0.05) is 26.1 Å². The van der Waals surface area contributed by atoms with E-state index in [1.807, 2.05) is 52.0 Å². The lowest BCUT2D eigenvalue weighted by Crippen LogP contribution is -2.58. The largest absolute Gasteiger partial charge is 0.465 e. The van der Waals surface area contributed by atoms with Crippen LogP contribution in [0.15, 0.2) is 29.8 Å². The van der Waals surface area contributed by atoms with E-state index in [1.165, 1.54) is 4.90 Å². The molecule has 0 radical (unpaired) electrons. The normalized spacial score (nSPS) is 16.7. The summed E-state index contributed by atoms with van der Waals surface area (Å²) < 4.78 is 21.4. The molecule has 272 valence electrons. The molecule has 2 heterocycles. The van der Waals surface area contributed by atoms with Crippen molar-refractivity contribution in [2.24, 2.45) is 5.41 Å². The second kappa shape index (κ2) is 20.1. The first-order valence-corrected chi connectivity index (χ1v) is 17.1. The zero-order valence-corrected chi connectivity index (χ0v) is 29.4. The van der Waals surface area contributed by atoms with Gasteiger partial charge in [-0.3, -0.25) is 14.4 Å². The number of amides is 4. The Balaban J connectivity index is 1.38. The van der Waals surface area contributed by atoms with Crippen molar-refractivity contribution in [3.8, 4) is 10.4 Å². The molecule has 3 atom stereocenters. The number of ether oxygens (including phenoxy) is 4. The van der Waals surface area contributed by atoms with Gasteiger partial charge in [-0.15, -0.1) is 11.3 Å². The van der Waals surface area contributed by atoms with Crippen LogP contribution in [0.25, 0.3) is 10.4 Å². The molecule has 1 fully saturated rings. The lowest BCUT2D eigenvalue weighted by atomic mass is 9.85. The number of carbonyl (C=O) groups excluding carboxylic acids is 3. The van der Waals surface area contributed by atoms with Crippen LogP contribution in [0, 0.1) is 12.3 Å². The Morgan fingerprint density at radius 2 is 1.57 bits per heavy atom. The number of nitrogens with one attached hydrogen (secondary N) is 3. The van der Waals surface area contributed by atoms with Crippen LogP contribution in [-0.2, 0) is 39.9 Å². The first-order chi connectivity index (χ1) is 23.4. The average Bonchev–Trinajstić information content (AvgIpc) is 3.67. The van der Waals surface area contributed by atoms with E-state index in [4.69, 9.17) is 24.1 Å². The summed E-state index contributed by atoms with van der Waals surface area (Å²) in [6, 6.07) is 5.99. The summed E-state index contributed by atoms with van der Waals surface area (Å²) >= 11 is 1.57. The SMILES string of the molecule is Cc1ncsc1-c1ccc(CNC(=O)[C@@H]2C[C@@H](O)CN2C(=O)[C@@H](NC(=O)COCCOCCOCCOCCNC(=O)O)C(C)(C)C)cc1.